The zero-order chi connectivity index (χ0) is 14.1. The molecule has 1 aromatic carbocycles. The lowest BCUT2D eigenvalue weighted by Gasteiger charge is -2.28. The van der Waals surface area contributed by atoms with Crippen molar-refractivity contribution in [3.63, 3.8) is 0 Å². The molecule has 0 heterocycles. The molecule has 2 rings (SSSR count). The van der Waals surface area contributed by atoms with Gasteiger partial charge in [0.15, 0.2) is 0 Å². The highest BCUT2D eigenvalue weighted by Crippen LogP contribution is 2.47. The summed E-state index contributed by atoms with van der Waals surface area (Å²) in [5.41, 5.74) is 0.982. The largest absolute Gasteiger partial charge is 0.507 e. The Morgan fingerprint density at radius 1 is 1.26 bits per heavy atom. The molecular weight excluding hydrogens is 238 g/mol. The molecule has 0 aliphatic heterocycles. The van der Waals surface area contributed by atoms with Gasteiger partial charge in [-0.2, -0.15) is 4.99 Å². The lowest BCUT2D eigenvalue weighted by Crippen LogP contribution is -2.21. The second-order valence-corrected chi connectivity index (χ2v) is 6.39. The number of aliphatic imine (C=N–C) groups is 1. The van der Waals surface area contributed by atoms with Crippen LogP contribution in [0.2, 0.25) is 0 Å². The summed E-state index contributed by atoms with van der Waals surface area (Å²) < 4.78 is 0. The first-order chi connectivity index (χ1) is 8.91. The van der Waals surface area contributed by atoms with Crippen LogP contribution in [0.4, 0.5) is 0 Å². The topological polar surface area (TPSA) is 49.7 Å². The molecule has 1 fully saturated rings. The van der Waals surface area contributed by atoms with Gasteiger partial charge in [-0.25, -0.2) is 4.79 Å². The number of phenolic OH excluding ortho intramolecular Hbond substituents is 1. The van der Waals surface area contributed by atoms with E-state index < -0.39 is 5.54 Å². The molecule has 1 aliphatic carbocycles. The van der Waals surface area contributed by atoms with Crippen LogP contribution in [0.15, 0.2) is 23.2 Å². The van der Waals surface area contributed by atoms with E-state index in [4.69, 9.17) is 0 Å². The fourth-order valence-electron chi connectivity index (χ4n) is 3.01. The Balaban J connectivity index is 2.59. The highest BCUT2D eigenvalue weighted by Gasteiger charge is 2.38. The summed E-state index contributed by atoms with van der Waals surface area (Å²) >= 11 is 0. The fourth-order valence-corrected chi connectivity index (χ4v) is 3.01. The third-order valence-corrected chi connectivity index (χ3v) is 4.04. The van der Waals surface area contributed by atoms with E-state index >= 15 is 0 Å². The van der Waals surface area contributed by atoms with Gasteiger partial charge in [-0.15, -0.1) is 0 Å². The van der Waals surface area contributed by atoms with E-state index in [9.17, 15) is 9.90 Å². The Morgan fingerprint density at radius 3 is 2.42 bits per heavy atom. The van der Waals surface area contributed by atoms with Crippen LogP contribution in [0, 0.1) is 0 Å². The third kappa shape index (κ3) is 2.43. The standard InChI is InChI=1S/C16H21NO2/c1-15(2,3)12-7-6-8-13(14(12)19)16(17-11-18)9-4-5-10-16/h6-8,19H,4-5,9-10H2,1-3H3. The van der Waals surface area contributed by atoms with Crippen molar-refractivity contribution in [3.05, 3.63) is 29.3 Å². The molecule has 0 spiro atoms. The minimum atomic E-state index is -0.562. The molecular formula is C16H21NO2. The number of para-hydroxylation sites is 1. The Morgan fingerprint density at radius 2 is 1.89 bits per heavy atom. The second-order valence-electron chi connectivity index (χ2n) is 6.39. The number of rotatable bonds is 2. The molecule has 0 unspecified atom stereocenters. The molecule has 0 bridgehead atoms. The molecule has 0 amide bonds. The highest BCUT2D eigenvalue weighted by atomic mass is 16.3. The zero-order valence-corrected chi connectivity index (χ0v) is 11.9. The molecule has 1 aromatic rings. The van der Waals surface area contributed by atoms with Gasteiger partial charge in [0.05, 0.1) is 0 Å². The third-order valence-electron chi connectivity index (χ3n) is 4.04. The zero-order valence-electron chi connectivity index (χ0n) is 11.9. The molecule has 1 saturated carbocycles. The van der Waals surface area contributed by atoms with Gasteiger partial charge in [0, 0.05) is 5.56 Å². The summed E-state index contributed by atoms with van der Waals surface area (Å²) in [4.78, 5) is 14.8. The number of hydrogen-bond acceptors (Lipinski definition) is 3. The number of isocyanates is 1. The maximum atomic E-state index is 10.8. The lowest BCUT2D eigenvalue weighted by molar-refractivity contribution is 0.395. The predicted molar refractivity (Wildman–Crippen MR) is 75.1 cm³/mol. The van der Waals surface area contributed by atoms with Crippen molar-refractivity contribution < 1.29 is 9.90 Å². The lowest BCUT2D eigenvalue weighted by atomic mass is 9.80. The predicted octanol–water partition coefficient (Wildman–Crippen LogP) is 3.79. The first-order valence-corrected chi connectivity index (χ1v) is 6.83. The van der Waals surface area contributed by atoms with Crippen LogP contribution in [0.25, 0.3) is 0 Å². The van der Waals surface area contributed by atoms with Gasteiger partial charge < -0.3 is 5.11 Å². The van der Waals surface area contributed by atoms with Crippen LogP contribution in [-0.2, 0) is 15.7 Å². The van der Waals surface area contributed by atoms with Gasteiger partial charge >= 0.3 is 0 Å². The van der Waals surface area contributed by atoms with Gasteiger partial charge in [-0.1, -0.05) is 51.8 Å². The van der Waals surface area contributed by atoms with E-state index in [0.717, 1.165) is 36.8 Å². The van der Waals surface area contributed by atoms with E-state index in [-0.39, 0.29) is 11.2 Å². The van der Waals surface area contributed by atoms with Crippen LogP contribution in [0.5, 0.6) is 5.75 Å². The molecule has 19 heavy (non-hydrogen) atoms. The average Bonchev–Trinajstić information content (AvgIpc) is 2.78. The highest BCUT2D eigenvalue weighted by molar-refractivity contribution is 5.50. The summed E-state index contributed by atoms with van der Waals surface area (Å²) in [5, 5.41) is 10.6. The van der Waals surface area contributed by atoms with Gasteiger partial charge in [0.2, 0.25) is 6.08 Å². The van der Waals surface area contributed by atoms with Crippen LogP contribution in [0.1, 0.15) is 57.6 Å². The fraction of sp³-hybridized carbons (Fsp3) is 0.562. The number of hydrogen-bond donors (Lipinski definition) is 1. The molecule has 102 valence electrons. The average molecular weight is 259 g/mol. The van der Waals surface area contributed by atoms with E-state index in [2.05, 4.69) is 25.8 Å². The maximum Gasteiger partial charge on any atom is 0.235 e. The minimum absolute atomic E-state index is 0.134. The molecule has 1 aliphatic rings. The molecule has 3 nitrogen and oxygen atoms in total. The van der Waals surface area contributed by atoms with Crippen molar-refractivity contribution in [3.8, 4) is 5.75 Å². The van der Waals surface area contributed by atoms with E-state index in [0.29, 0.717) is 0 Å². The molecule has 3 heteroatoms. The normalized spacial score (nSPS) is 18.1. The Bertz CT molecular complexity index is 516. The second kappa shape index (κ2) is 4.82. The first kappa shape index (κ1) is 13.8. The summed E-state index contributed by atoms with van der Waals surface area (Å²) in [6.45, 7) is 6.20. The summed E-state index contributed by atoms with van der Waals surface area (Å²) in [7, 11) is 0. The van der Waals surface area contributed by atoms with Gasteiger partial charge in [-0.05, 0) is 23.8 Å². The molecule has 0 radical (unpaired) electrons. The van der Waals surface area contributed by atoms with E-state index in [1.54, 1.807) is 6.08 Å². The van der Waals surface area contributed by atoms with Crippen molar-refractivity contribution in [2.75, 3.05) is 0 Å². The quantitative estimate of drug-likeness (QED) is 0.648. The van der Waals surface area contributed by atoms with Crippen molar-refractivity contribution in [2.45, 2.75) is 57.4 Å². The van der Waals surface area contributed by atoms with Crippen molar-refractivity contribution in [1.82, 2.24) is 0 Å². The number of nitrogens with zero attached hydrogens (tertiary/aromatic N) is 1. The SMILES string of the molecule is CC(C)(C)c1cccc(C2(N=C=O)CCCC2)c1O. The monoisotopic (exact) mass is 259 g/mol. The van der Waals surface area contributed by atoms with Crippen molar-refractivity contribution >= 4 is 6.08 Å². The Kier molecular flexibility index (Phi) is 3.51. The Hall–Kier alpha value is -1.60. The molecule has 0 atom stereocenters. The number of aromatic hydroxyl groups is 1. The van der Waals surface area contributed by atoms with E-state index in [1.165, 1.54) is 0 Å². The smallest absolute Gasteiger partial charge is 0.235 e. The van der Waals surface area contributed by atoms with E-state index in [1.807, 2.05) is 18.2 Å². The Labute approximate surface area is 114 Å². The molecule has 0 aromatic heterocycles. The van der Waals surface area contributed by atoms with Gasteiger partial charge in [0.25, 0.3) is 0 Å². The van der Waals surface area contributed by atoms with Crippen LogP contribution in [0.3, 0.4) is 0 Å². The van der Waals surface area contributed by atoms with Crippen LogP contribution < -0.4 is 0 Å². The summed E-state index contributed by atoms with van der Waals surface area (Å²) in [6, 6.07) is 5.76. The maximum absolute atomic E-state index is 10.8. The first-order valence-electron chi connectivity index (χ1n) is 6.83. The van der Waals surface area contributed by atoms with Crippen molar-refractivity contribution in [1.29, 1.82) is 0 Å². The summed E-state index contributed by atoms with van der Waals surface area (Å²) in [6.07, 6.45) is 5.38. The van der Waals surface area contributed by atoms with Crippen LogP contribution in [-0.4, -0.2) is 11.2 Å². The number of carbonyl (C=O) groups excluding carboxylic acids is 1. The summed E-state index contributed by atoms with van der Waals surface area (Å²) in [5.74, 6) is 0.288. The van der Waals surface area contributed by atoms with Gasteiger partial charge in [0.1, 0.15) is 11.3 Å². The number of benzene rings is 1. The van der Waals surface area contributed by atoms with Crippen molar-refractivity contribution in [2.24, 2.45) is 4.99 Å². The van der Waals surface area contributed by atoms with Crippen LogP contribution >= 0.6 is 0 Å². The number of phenols is 1. The molecule has 0 saturated heterocycles. The molecule has 1 N–H and O–H groups in total. The van der Waals surface area contributed by atoms with Gasteiger partial charge in [-0.3, -0.25) is 0 Å². The minimum Gasteiger partial charge on any atom is -0.507 e.